The van der Waals surface area contributed by atoms with Crippen LogP contribution in [-0.4, -0.2) is 28.2 Å². The highest BCUT2D eigenvalue weighted by atomic mass is 19.4. The van der Waals surface area contributed by atoms with Crippen LogP contribution in [0.4, 0.5) is 35.3 Å². The molecule has 0 saturated carbocycles. The molecule has 0 fully saturated rings. The average Bonchev–Trinajstić information content (AvgIpc) is 2.95. The van der Waals surface area contributed by atoms with E-state index in [-0.39, 0.29) is 11.6 Å². The van der Waals surface area contributed by atoms with Crippen LogP contribution < -0.4 is 10.6 Å². The van der Waals surface area contributed by atoms with E-state index >= 15 is 0 Å². The Morgan fingerprint density at radius 1 is 1.24 bits per heavy atom. The van der Waals surface area contributed by atoms with Crippen LogP contribution in [0, 0.1) is 0 Å². The number of fused-ring (bicyclic) bond motifs is 1. The summed E-state index contributed by atoms with van der Waals surface area (Å²) in [6.45, 7) is 0. The van der Waals surface area contributed by atoms with Crippen molar-refractivity contribution in [3.63, 3.8) is 0 Å². The van der Waals surface area contributed by atoms with Gasteiger partial charge in [-0.15, -0.1) is 0 Å². The first-order chi connectivity index (χ1) is 11.8. The molecule has 3 rings (SSSR count). The maximum Gasteiger partial charge on any atom is 0.416 e. The van der Waals surface area contributed by atoms with E-state index < -0.39 is 17.8 Å². The lowest BCUT2D eigenvalue weighted by Gasteiger charge is -2.10. The van der Waals surface area contributed by atoms with Crippen LogP contribution >= 0.6 is 0 Å². The smallest absolute Gasteiger partial charge is 0.416 e. The fraction of sp³-hybridized carbons (Fsp3) is 0.133. The number of methoxy groups -OCH3 is 1. The summed E-state index contributed by atoms with van der Waals surface area (Å²) in [5, 5.41) is 5.20. The standard InChI is InChI=1S/C15H12F3N5O2/c1-25-14(24)23-13-21-11-6-10(7-19-12(11)22-13)20-9-4-2-3-8(5-9)15(16,17)18/h2-7,20H,1H3,(H2,19,21,22,23,24). The molecule has 10 heteroatoms. The molecule has 7 nitrogen and oxygen atoms in total. The summed E-state index contributed by atoms with van der Waals surface area (Å²) in [6.07, 6.45) is -3.68. The first-order valence-electron chi connectivity index (χ1n) is 7.00. The van der Waals surface area contributed by atoms with Crippen molar-refractivity contribution in [3.05, 3.63) is 42.1 Å². The molecule has 0 saturated heterocycles. The Morgan fingerprint density at radius 2 is 2.04 bits per heavy atom. The van der Waals surface area contributed by atoms with E-state index in [2.05, 4.69) is 30.3 Å². The molecule has 0 spiro atoms. The second kappa shape index (κ2) is 6.30. The van der Waals surface area contributed by atoms with Gasteiger partial charge in [0.25, 0.3) is 0 Å². The quantitative estimate of drug-likeness (QED) is 0.666. The van der Waals surface area contributed by atoms with Gasteiger partial charge in [-0.2, -0.15) is 13.2 Å². The molecule has 1 aromatic carbocycles. The number of hydrogen-bond donors (Lipinski definition) is 3. The molecule has 130 valence electrons. The maximum absolute atomic E-state index is 12.8. The summed E-state index contributed by atoms with van der Waals surface area (Å²) in [5.74, 6) is 0.144. The van der Waals surface area contributed by atoms with Crippen molar-refractivity contribution >= 4 is 34.6 Å². The highest BCUT2D eigenvalue weighted by Crippen LogP contribution is 2.31. The molecule has 0 aliphatic carbocycles. The van der Waals surface area contributed by atoms with Gasteiger partial charge in [0.05, 0.1) is 24.6 Å². The van der Waals surface area contributed by atoms with E-state index in [1.807, 2.05) is 0 Å². The number of H-pyrrole nitrogens is 1. The molecule has 0 atom stereocenters. The summed E-state index contributed by atoms with van der Waals surface area (Å²) in [5.41, 5.74) is 0.780. The monoisotopic (exact) mass is 351 g/mol. The van der Waals surface area contributed by atoms with Gasteiger partial charge in [-0.25, -0.2) is 14.8 Å². The first kappa shape index (κ1) is 16.6. The lowest BCUT2D eigenvalue weighted by molar-refractivity contribution is -0.137. The number of aromatic nitrogens is 3. The Labute approximate surface area is 139 Å². The van der Waals surface area contributed by atoms with E-state index in [1.54, 1.807) is 6.07 Å². The number of nitrogens with zero attached hydrogens (tertiary/aromatic N) is 2. The molecule has 3 aromatic rings. The summed E-state index contributed by atoms with van der Waals surface area (Å²) in [7, 11) is 1.22. The predicted octanol–water partition coefficient (Wildman–Crippen LogP) is 3.90. The number of amides is 1. The van der Waals surface area contributed by atoms with Crippen molar-refractivity contribution in [1.82, 2.24) is 15.0 Å². The Hall–Kier alpha value is -3.30. The molecule has 1 amide bonds. The minimum Gasteiger partial charge on any atom is -0.453 e. The number of carbonyl (C=O) groups is 1. The van der Waals surface area contributed by atoms with Gasteiger partial charge in [-0.3, -0.25) is 5.32 Å². The van der Waals surface area contributed by atoms with Crippen LogP contribution in [0.5, 0.6) is 0 Å². The van der Waals surface area contributed by atoms with Crippen molar-refractivity contribution < 1.29 is 22.7 Å². The third-order valence-electron chi connectivity index (χ3n) is 3.22. The van der Waals surface area contributed by atoms with Gasteiger partial charge >= 0.3 is 12.3 Å². The highest BCUT2D eigenvalue weighted by molar-refractivity contribution is 5.86. The highest BCUT2D eigenvalue weighted by Gasteiger charge is 2.30. The second-order valence-electron chi connectivity index (χ2n) is 5.00. The zero-order valence-corrected chi connectivity index (χ0v) is 12.8. The largest absolute Gasteiger partial charge is 0.453 e. The maximum atomic E-state index is 12.8. The molecular formula is C15H12F3N5O2. The lowest BCUT2D eigenvalue weighted by Crippen LogP contribution is -2.11. The summed E-state index contributed by atoms with van der Waals surface area (Å²) >= 11 is 0. The lowest BCUT2D eigenvalue weighted by atomic mass is 10.2. The normalized spacial score (nSPS) is 11.4. The molecule has 0 bridgehead atoms. The Balaban J connectivity index is 1.83. The number of aromatic amines is 1. The van der Waals surface area contributed by atoms with Crippen molar-refractivity contribution in [2.75, 3.05) is 17.7 Å². The van der Waals surface area contributed by atoms with Crippen LogP contribution in [0.15, 0.2) is 36.5 Å². The molecule has 2 aromatic heterocycles. The van der Waals surface area contributed by atoms with Gasteiger partial charge in [-0.1, -0.05) is 6.07 Å². The van der Waals surface area contributed by atoms with Crippen LogP contribution in [0.25, 0.3) is 11.2 Å². The van der Waals surface area contributed by atoms with Gasteiger partial charge in [0.15, 0.2) is 5.65 Å². The average molecular weight is 351 g/mol. The number of nitrogens with one attached hydrogen (secondary N) is 3. The van der Waals surface area contributed by atoms with Gasteiger partial charge in [0, 0.05) is 5.69 Å². The Kier molecular flexibility index (Phi) is 4.17. The number of ether oxygens (including phenoxy) is 1. The van der Waals surface area contributed by atoms with Crippen LogP contribution in [0.2, 0.25) is 0 Å². The Morgan fingerprint density at radius 3 is 2.76 bits per heavy atom. The number of anilines is 3. The second-order valence-corrected chi connectivity index (χ2v) is 5.00. The van der Waals surface area contributed by atoms with Crippen molar-refractivity contribution in [3.8, 4) is 0 Å². The molecule has 0 unspecified atom stereocenters. The minimum absolute atomic E-state index is 0.144. The van der Waals surface area contributed by atoms with Crippen molar-refractivity contribution in [2.24, 2.45) is 0 Å². The summed E-state index contributed by atoms with van der Waals surface area (Å²) in [4.78, 5) is 22.1. The van der Waals surface area contributed by atoms with Crippen molar-refractivity contribution in [2.45, 2.75) is 6.18 Å². The van der Waals surface area contributed by atoms with E-state index in [9.17, 15) is 18.0 Å². The molecule has 3 N–H and O–H groups in total. The third-order valence-corrected chi connectivity index (χ3v) is 3.22. The predicted molar refractivity (Wildman–Crippen MR) is 84.6 cm³/mol. The van der Waals surface area contributed by atoms with E-state index in [0.717, 1.165) is 12.1 Å². The molecule has 0 aliphatic rings. The zero-order valence-electron chi connectivity index (χ0n) is 12.8. The van der Waals surface area contributed by atoms with Gasteiger partial charge in [0.2, 0.25) is 5.95 Å². The number of halogens is 3. The van der Waals surface area contributed by atoms with Gasteiger partial charge in [0.1, 0.15) is 5.52 Å². The number of rotatable bonds is 3. The fourth-order valence-corrected chi connectivity index (χ4v) is 2.11. The van der Waals surface area contributed by atoms with E-state index in [4.69, 9.17) is 0 Å². The number of imidazole rings is 1. The molecule has 25 heavy (non-hydrogen) atoms. The van der Waals surface area contributed by atoms with Crippen molar-refractivity contribution in [1.29, 1.82) is 0 Å². The minimum atomic E-state index is -4.42. The van der Waals surface area contributed by atoms with Crippen LogP contribution in [0.3, 0.4) is 0 Å². The molecular weight excluding hydrogens is 339 g/mol. The van der Waals surface area contributed by atoms with Crippen LogP contribution in [-0.2, 0) is 10.9 Å². The third kappa shape index (κ3) is 3.79. The molecule has 0 aliphatic heterocycles. The Bertz CT molecular complexity index is 923. The fourth-order valence-electron chi connectivity index (χ4n) is 2.11. The zero-order chi connectivity index (χ0) is 18.0. The van der Waals surface area contributed by atoms with Crippen LogP contribution in [0.1, 0.15) is 5.56 Å². The number of benzene rings is 1. The van der Waals surface area contributed by atoms with Gasteiger partial charge < -0.3 is 15.0 Å². The number of carbonyl (C=O) groups excluding carboxylic acids is 1. The summed E-state index contributed by atoms with van der Waals surface area (Å²) in [6, 6.07) is 6.39. The molecule has 2 heterocycles. The van der Waals surface area contributed by atoms with Gasteiger partial charge in [-0.05, 0) is 24.3 Å². The number of hydrogen-bond acceptors (Lipinski definition) is 5. The number of pyridine rings is 1. The molecule has 0 radical (unpaired) electrons. The first-order valence-corrected chi connectivity index (χ1v) is 7.00. The number of alkyl halides is 3. The van der Waals surface area contributed by atoms with E-state index in [1.165, 1.54) is 25.4 Å². The summed E-state index contributed by atoms with van der Waals surface area (Å²) < 4.78 is 42.7. The topological polar surface area (TPSA) is 91.9 Å². The van der Waals surface area contributed by atoms with E-state index in [0.29, 0.717) is 16.9 Å². The SMILES string of the molecule is COC(=O)Nc1nc2cc(Nc3cccc(C(F)(F)F)c3)cnc2[nH]1.